The van der Waals surface area contributed by atoms with E-state index in [9.17, 15) is 18.1 Å². The summed E-state index contributed by atoms with van der Waals surface area (Å²) in [6, 6.07) is 0. The summed E-state index contributed by atoms with van der Waals surface area (Å²) < 4.78 is 34.5. The van der Waals surface area contributed by atoms with Crippen LogP contribution in [0.2, 0.25) is 0 Å². The second kappa shape index (κ2) is 23.0. The maximum atomic E-state index is 11.5. The minimum absolute atomic E-state index is 0. The predicted octanol–water partition coefficient (Wildman–Crippen LogP) is 4.11. The zero-order chi connectivity index (χ0) is 21.8. The van der Waals surface area contributed by atoms with Crippen molar-refractivity contribution in [3.63, 3.8) is 0 Å². The molecular weight excluding hydrogens is 407 g/mol. The molecule has 0 saturated heterocycles. The van der Waals surface area contributed by atoms with Crippen molar-refractivity contribution in [2.75, 3.05) is 0 Å². The van der Waals surface area contributed by atoms with Crippen molar-refractivity contribution >= 4 is 10.1 Å². The van der Waals surface area contributed by atoms with Crippen LogP contribution in [0.25, 0.3) is 0 Å². The van der Waals surface area contributed by atoms with Gasteiger partial charge in [-0.2, -0.15) is 0 Å². The van der Waals surface area contributed by atoms with Crippen LogP contribution in [0.1, 0.15) is 142 Å². The van der Waals surface area contributed by atoms with Gasteiger partial charge in [-0.1, -0.05) is 117 Å². The number of aliphatic hydroxyl groups is 1. The fourth-order valence-corrected chi connectivity index (χ4v) is 4.84. The molecule has 0 rings (SSSR count). The Morgan fingerprint density at radius 1 is 0.600 bits per heavy atom. The second-order valence-corrected chi connectivity index (χ2v) is 10.5. The van der Waals surface area contributed by atoms with Gasteiger partial charge in [0.15, 0.2) is 0 Å². The van der Waals surface area contributed by atoms with E-state index in [0.717, 1.165) is 32.1 Å². The summed E-state index contributed by atoms with van der Waals surface area (Å²) in [5.41, 5.74) is 0. The van der Waals surface area contributed by atoms with Gasteiger partial charge in [-0.25, -0.2) is 8.42 Å². The van der Waals surface area contributed by atoms with E-state index in [0.29, 0.717) is 25.7 Å². The first-order valence-corrected chi connectivity index (χ1v) is 14.0. The minimum atomic E-state index is -4.26. The van der Waals surface area contributed by atoms with Crippen LogP contribution in [0.4, 0.5) is 0 Å². The number of aliphatic hydroxyl groups excluding tert-OH is 1. The summed E-state index contributed by atoms with van der Waals surface area (Å²) in [5.74, 6) is 0. The van der Waals surface area contributed by atoms with E-state index < -0.39 is 21.5 Å². The van der Waals surface area contributed by atoms with E-state index in [-0.39, 0.29) is 29.6 Å². The van der Waals surface area contributed by atoms with E-state index in [1.54, 1.807) is 0 Å². The van der Waals surface area contributed by atoms with E-state index >= 15 is 0 Å². The van der Waals surface area contributed by atoms with Crippen molar-refractivity contribution in [1.29, 1.82) is 0 Å². The van der Waals surface area contributed by atoms with Crippen LogP contribution >= 0.6 is 0 Å². The molecule has 2 unspecified atom stereocenters. The van der Waals surface area contributed by atoms with Crippen LogP contribution in [-0.4, -0.2) is 29.4 Å². The van der Waals surface area contributed by atoms with Gasteiger partial charge in [0.2, 0.25) is 0 Å². The van der Waals surface area contributed by atoms with Crippen molar-refractivity contribution in [3.05, 3.63) is 0 Å². The van der Waals surface area contributed by atoms with Gasteiger partial charge in [0, 0.05) is 5.25 Å². The van der Waals surface area contributed by atoms with Crippen LogP contribution in [-0.2, 0) is 10.1 Å². The Labute approximate surface area is 210 Å². The molecule has 2 atom stereocenters. The molecule has 0 aliphatic carbocycles. The van der Waals surface area contributed by atoms with Gasteiger partial charge in [-0.15, -0.1) is 0 Å². The number of hydrogen-bond acceptors (Lipinski definition) is 4. The van der Waals surface area contributed by atoms with Gasteiger partial charge < -0.3 is 9.66 Å². The van der Waals surface area contributed by atoms with Crippen LogP contribution < -0.4 is 29.6 Å². The molecule has 0 heterocycles. The van der Waals surface area contributed by atoms with Gasteiger partial charge in [-0.05, 0) is 25.7 Å². The van der Waals surface area contributed by atoms with Crippen LogP contribution in [0, 0.1) is 0 Å². The van der Waals surface area contributed by atoms with E-state index in [1.807, 2.05) is 0 Å². The molecule has 0 aromatic rings. The van der Waals surface area contributed by atoms with Crippen LogP contribution in [0.3, 0.4) is 0 Å². The third-order valence-corrected chi connectivity index (χ3v) is 7.29. The Morgan fingerprint density at radius 2 is 1.00 bits per heavy atom. The van der Waals surface area contributed by atoms with Crippen molar-refractivity contribution in [2.24, 2.45) is 0 Å². The topological polar surface area (TPSA) is 77.4 Å². The second-order valence-electron chi connectivity index (χ2n) is 8.87. The fourth-order valence-electron chi connectivity index (χ4n) is 3.96. The normalized spacial score (nSPS) is 13.7. The molecule has 0 bridgehead atoms. The van der Waals surface area contributed by atoms with E-state index in [1.165, 1.54) is 70.6 Å². The molecule has 0 aliphatic rings. The molecule has 0 radical (unpaired) electrons. The van der Waals surface area contributed by atoms with E-state index in [2.05, 4.69) is 13.8 Å². The maximum absolute atomic E-state index is 11.5. The summed E-state index contributed by atoms with van der Waals surface area (Å²) in [6.07, 6.45) is 21.0. The van der Waals surface area contributed by atoms with Crippen molar-refractivity contribution < 1.29 is 47.6 Å². The molecule has 0 aromatic carbocycles. The summed E-state index contributed by atoms with van der Waals surface area (Å²) >= 11 is 0. The SMILES string of the molecule is CCCCCCCCCCCCCCCCC(CCC(O)CCCC)S(=O)(=O)[O-].[Na+]. The molecule has 176 valence electrons. The zero-order valence-electron chi connectivity index (χ0n) is 20.4. The average molecular weight is 457 g/mol. The Bertz CT molecular complexity index is 442. The van der Waals surface area contributed by atoms with Gasteiger partial charge >= 0.3 is 29.6 Å². The molecule has 0 amide bonds. The molecule has 30 heavy (non-hydrogen) atoms. The monoisotopic (exact) mass is 456 g/mol. The molecule has 6 heteroatoms. The van der Waals surface area contributed by atoms with Gasteiger partial charge in [0.1, 0.15) is 0 Å². The Hall–Kier alpha value is 0.870. The average Bonchev–Trinajstić information content (AvgIpc) is 2.67. The van der Waals surface area contributed by atoms with Crippen LogP contribution in [0.15, 0.2) is 0 Å². The molecular formula is C24H49NaO4S. The largest absolute Gasteiger partial charge is 1.00 e. The Kier molecular flexibility index (Phi) is 25.4. The van der Waals surface area contributed by atoms with Crippen molar-refractivity contribution in [2.45, 2.75) is 154 Å². The molecule has 0 saturated carbocycles. The Balaban J connectivity index is 0. The molecule has 0 aromatic heterocycles. The standard InChI is InChI=1S/C24H50O4S.Na/c1-3-5-7-8-9-10-11-12-13-14-15-16-17-18-20-24(29(26,27)28)22-21-23(25)19-6-4-2;/h23-25H,3-22H2,1-2H3,(H,26,27,28);/q;+1/p-1. The minimum Gasteiger partial charge on any atom is -0.748 e. The van der Waals surface area contributed by atoms with Crippen molar-refractivity contribution in [3.8, 4) is 0 Å². The third-order valence-electron chi connectivity index (χ3n) is 6.00. The molecule has 0 fully saturated rings. The molecule has 4 nitrogen and oxygen atoms in total. The number of rotatable bonds is 22. The molecule has 1 N–H and O–H groups in total. The van der Waals surface area contributed by atoms with Crippen LogP contribution in [0.5, 0.6) is 0 Å². The summed E-state index contributed by atoms with van der Waals surface area (Å²) in [4.78, 5) is 0. The molecule has 0 spiro atoms. The zero-order valence-corrected chi connectivity index (χ0v) is 23.2. The van der Waals surface area contributed by atoms with Gasteiger partial charge in [0.05, 0.1) is 16.2 Å². The predicted molar refractivity (Wildman–Crippen MR) is 123 cm³/mol. The van der Waals surface area contributed by atoms with Gasteiger partial charge in [0.25, 0.3) is 0 Å². The van der Waals surface area contributed by atoms with Crippen molar-refractivity contribution in [1.82, 2.24) is 0 Å². The van der Waals surface area contributed by atoms with Gasteiger partial charge in [-0.3, -0.25) is 0 Å². The third kappa shape index (κ3) is 22.1. The first-order valence-electron chi connectivity index (χ1n) is 12.5. The fraction of sp³-hybridized carbons (Fsp3) is 1.00. The maximum Gasteiger partial charge on any atom is 1.00 e. The van der Waals surface area contributed by atoms with E-state index in [4.69, 9.17) is 0 Å². The summed E-state index contributed by atoms with van der Waals surface area (Å²) in [7, 11) is -4.26. The first-order chi connectivity index (χ1) is 13.9. The smallest absolute Gasteiger partial charge is 0.748 e. The quantitative estimate of drug-likeness (QED) is 0.151. The Morgan fingerprint density at radius 3 is 1.40 bits per heavy atom. The summed E-state index contributed by atoms with van der Waals surface area (Å²) in [5, 5.41) is 9.07. The number of hydrogen-bond donors (Lipinski definition) is 1. The summed E-state index contributed by atoms with van der Waals surface area (Å²) in [6.45, 7) is 4.32. The first kappa shape index (κ1) is 33.0. The number of unbranched alkanes of at least 4 members (excludes halogenated alkanes) is 14. The molecule has 0 aliphatic heterocycles.